The molecule has 2 fully saturated rings. The number of anilines is 1. The molecule has 0 unspecified atom stereocenters. The summed E-state index contributed by atoms with van der Waals surface area (Å²) in [6.45, 7) is 2.33. The maximum atomic E-state index is 13.8. The summed E-state index contributed by atoms with van der Waals surface area (Å²) in [5.41, 5.74) is 0.469. The number of imide groups is 1. The zero-order chi connectivity index (χ0) is 23.3. The van der Waals surface area contributed by atoms with Gasteiger partial charge in [0.2, 0.25) is 11.8 Å². The number of hydrogen-bond acceptors (Lipinski definition) is 7. The molecule has 8 heteroatoms. The third-order valence-corrected chi connectivity index (χ3v) is 6.22. The Morgan fingerprint density at radius 2 is 1.58 bits per heavy atom. The van der Waals surface area contributed by atoms with Gasteiger partial charge in [-0.15, -0.1) is 0 Å². The molecule has 0 spiro atoms. The Morgan fingerprint density at radius 3 is 2.24 bits per heavy atom. The Kier molecular flexibility index (Phi) is 4.90. The van der Waals surface area contributed by atoms with Gasteiger partial charge >= 0.3 is 11.9 Å². The Hall–Kier alpha value is -3.78. The van der Waals surface area contributed by atoms with Gasteiger partial charge in [0.1, 0.15) is 0 Å². The predicted octanol–water partition coefficient (Wildman–Crippen LogP) is 2.62. The molecule has 8 nitrogen and oxygen atoms in total. The van der Waals surface area contributed by atoms with Crippen molar-refractivity contribution in [1.82, 2.24) is 0 Å². The molecule has 33 heavy (non-hydrogen) atoms. The number of ether oxygens (including phenoxy) is 3. The Bertz CT molecular complexity index is 1170. The van der Waals surface area contributed by atoms with Crippen LogP contribution in [0.15, 0.2) is 66.7 Å². The van der Waals surface area contributed by atoms with Crippen molar-refractivity contribution in [2.24, 2.45) is 11.8 Å². The fraction of sp³-hybridized carbons (Fsp3) is 0.280. The summed E-state index contributed by atoms with van der Waals surface area (Å²) in [5.74, 6) is -4.14. The molecule has 5 rings (SSSR count). The molecule has 2 aromatic carbocycles. The van der Waals surface area contributed by atoms with E-state index in [4.69, 9.17) is 14.2 Å². The number of rotatable bonds is 5. The minimum atomic E-state index is -1.57. The maximum Gasteiger partial charge on any atom is 0.305 e. The van der Waals surface area contributed by atoms with Gasteiger partial charge in [-0.2, -0.15) is 0 Å². The number of carbonyl (C=O) groups is 4. The number of carbonyl (C=O) groups excluding carboxylic acids is 4. The second-order valence-corrected chi connectivity index (χ2v) is 8.24. The van der Waals surface area contributed by atoms with E-state index in [0.717, 1.165) is 11.1 Å². The lowest BCUT2D eigenvalue weighted by molar-refractivity contribution is -0.226. The number of fused-ring (bicyclic) bond motifs is 5. The van der Waals surface area contributed by atoms with Crippen LogP contribution in [0.1, 0.15) is 13.8 Å². The average Bonchev–Trinajstić information content (AvgIpc) is 3.44. The molecule has 0 aliphatic carbocycles. The van der Waals surface area contributed by atoms with Gasteiger partial charge in [0, 0.05) is 19.4 Å². The van der Waals surface area contributed by atoms with Gasteiger partial charge in [-0.1, -0.05) is 54.6 Å². The fourth-order valence-electron chi connectivity index (χ4n) is 4.98. The van der Waals surface area contributed by atoms with E-state index in [2.05, 4.69) is 0 Å². The Morgan fingerprint density at radius 1 is 0.939 bits per heavy atom. The van der Waals surface area contributed by atoms with Gasteiger partial charge in [0.25, 0.3) is 6.29 Å². The molecule has 2 bridgehead atoms. The molecule has 4 atom stereocenters. The van der Waals surface area contributed by atoms with Crippen LogP contribution in [0, 0.1) is 11.8 Å². The molecule has 3 aliphatic heterocycles. The van der Waals surface area contributed by atoms with Gasteiger partial charge in [-0.25, -0.2) is 4.90 Å². The van der Waals surface area contributed by atoms with Gasteiger partial charge in [-0.3, -0.25) is 19.2 Å². The van der Waals surface area contributed by atoms with E-state index in [9.17, 15) is 19.2 Å². The van der Waals surface area contributed by atoms with Crippen LogP contribution in [0.25, 0.3) is 11.1 Å². The quantitative estimate of drug-likeness (QED) is 0.301. The summed E-state index contributed by atoms with van der Waals surface area (Å²) < 4.78 is 16.5. The minimum absolute atomic E-state index is 0.408. The van der Waals surface area contributed by atoms with Crippen molar-refractivity contribution in [3.05, 3.63) is 66.7 Å². The SMILES string of the molecule is CC(=O)OC(OC(C)=O)[C@@]12C=C[C@@H](O1)[C@@H]1C(=O)N(c3ccccc3-c3ccccc3)C(=O)[C@@H]12. The van der Waals surface area contributed by atoms with Gasteiger partial charge < -0.3 is 14.2 Å². The lowest BCUT2D eigenvalue weighted by Gasteiger charge is -2.34. The molecule has 0 radical (unpaired) electrons. The van der Waals surface area contributed by atoms with Crippen molar-refractivity contribution in [3.8, 4) is 11.1 Å². The van der Waals surface area contributed by atoms with Crippen molar-refractivity contribution in [1.29, 1.82) is 0 Å². The summed E-state index contributed by atoms with van der Waals surface area (Å²) >= 11 is 0. The molecule has 0 aromatic heterocycles. The molecule has 2 aromatic rings. The highest BCUT2D eigenvalue weighted by Crippen LogP contribution is 2.55. The predicted molar refractivity (Wildman–Crippen MR) is 115 cm³/mol. The molecule has 2 amide bonds. The van der Waals surface area contributed by atoms with E-state index in [1.807, 2.05) is 42.5 Å². The lowest BCUT2D eigenvalue weighted by Crippen LogP contribution is -2.52. The van der Waals surface area contributed by atoms with Gasteiger partial charge in [-0.05, 0) is 17.7 Å². The number of benzene rings is 2. The molecule has 0 saturated carbocycles. The Balaban J connectivity index is 1.58. The molecule has 168 valence electrons. The number of hydrogen-bond donors (Lipinski definition) is 0. The van der Waals surface area contributed by atoms with Crippen LogP contribution in [-0.4, -0.2) is 41.7 Å². The van der Waals surface area contributed by atoms with E-state index < -0.39 is 53.6 Å². The molecule has 3 aliphatic rings. The van der Waals surface area contributed by atoms with Crippen LogP contribution in [0.5, 0.6) is 0 Å². The maximum absolute atomic E-state index is 13.8. The first-order chi connectivity index (χ1) is 15.8. The average molecular weight is 447 g/mol. The first kappa shape index (κ1) is 21.1. The van der Waals surface area contributed by atoms with Crippen LogP contribution in [0.4, 0.5) is 5.69 Å². The molecule has 2 saturated heterocycles. The molecule has 3 heterocycles. The van der Waals surface area contributed by atoms with E-state index in [1.165, 1.54) is 18.7 Å². The zero-order valence-electron chi connectivity index (χ0n) is 18.0. The van der Waals surface area contributed by atoms with Crippen molar-refractivity contribution in [2.75, 3.05) is 4.90 Å². The highest BCUT2D eigenvalue weighted by atomic mass is 16.7. The number of nitrogens with zero attached hydrogens (tertiary/aromatic N) is 1. The smallest absolute Gasteiger partial charge is 0.305 e. The van der Waals surface area contributed by atoms with Gasteiger partial charge in [0.05, 0.1) is 23.6 Å². The van der Waals surface area contributed by atoms with Gasteiger partial charge in [0.15, 0.2) is 5.60 Å². The van der Waals surface area contributed by atoms with Crippen LogP contribution < -0.4 is 4.90 Å². The summed E-state index contributed by atoms with van der Waals surface area (Å²) in [6.07, 6.45) is 1.02. The topological polar surface area (TPSA) is 99.2 Å². The normalized spacial score (nSPS) is 27.2. The number of amides is 2. The highest BCUT2D eigenvalue weighted by Gasteiger charge is 2.72. The van der Waals surface area contributed by atoms with Crippen molar-refractivity contribution < 1.29 is 33.4 Å². The second kappa shape index (κ2) is 7.67. The number of para-hydroxylation sites is 1. The second-order valence-electron chi connectivity index (χ2n) is 8.24. The van der Waals surface area contributed by atoms with Crippen molar-refractivity contribution >= 4 is 29.4 Å². The van der Waals surface area contributed by atoms with E-state index >= 15 is 0 Å². The summed E-state index contributed by atoms with van der Waals surface area (Å²) in [6, 6.07) is 16.6. The fourth-order valence-corrected chi connectivity index (χ4v) is 4.98. The summed E-state index contributed by atoms with van der Waals surface area (Å²) in [4.78, 5) is 52.0. The number of esters is 2. The third kappa shape index (κ3) is 3.17. The largest absolute Gasteiger partial charge is 0.422 e. The molecular weight excluding hydrogens is 426 g/mol. The first-order valence-electron chi connectivity index (χ1n) is 10.6. The Labute approximate surface area is 189 Å². The highest BCUT2D eigenvalue weighted by molar-refractivity contribution is 6.24. The molecule has 0 N–H and O–H groups in total. The minimum Gasteiger partial charge on any atom is -0.422 e. The van der Waals surface area contributed by atoms with Crippen LogP contribution >= 0.6 is 0 Å². The van der Waals surface area contributed by atoms with Crippen molar-refractivity contribution in [2.45, 2.75) is 31.8 Å². The monoisotopic (exact) mass is 447 g/mol. The molecular formula is C25H21NO7. The van der Waals surface area contributed by atoms with Crippen LogP contribution in [0.3, 0.4) is 0 Å². The summed E-state index contributed by atoms with van der Waals surface area (Å²) in [7, 11) is 0. The third-order valence-electron chi connectivity index (χ3n) is 6.22. The standard InChI is InChI=1S/C25H21NO7/c1-14(27)31-24(32-15(2)28)25-13-12-19(33-25)20-21(25)23(30)26(22(20)29)18-11-7-6-10-17(18)16-8-4-3-5-9-16/h3-13,19-21,24H,1-2H3/t19-,20+,21-,25+/m1/s1. The summed E-state index contributed by atoms with van der Waals surface area (Å²) in [5, 5.41) is 0. The first-order valence-corrected chi connectivity index (χ1v) is 10.6. The van der Waals surface area contributed by atoms with E-state index in [1.54, 1.807) is 24.3 Å². The van der Waals surface area contributed by atoms with E-state index in [-0.39, 0.29) is 0 Å². The zero-order valence-corrected chi connectivity index (χ0v) is 18.0. The van der Waals surface area contributed by atoms with Crippen LogP contribution in [-0.2, 0) is 33.4 Å². The van der Waals surface area contributed by atoms with Crippen LogP contribution in [0.2, 0.25) is 0 Å². The van der Waals surface area contributed by atoms with E-state index in [0.29, 0.717) is 5.69 Å². The van der Waals surface area contributed by atoms with Crippen molar-refractivity contribution in [3.63, 3.8) is 0 Å². The lowest BCUT2D eigenvalue weighted by atomic mass is 9.76.